The Morgan fingerprint density at radius 1 is 0.692 bits per heavy atom. The van der Waals surface area contributed by atoms with Crippen molar-refractivity contribution in [2.45, 2.75) is 32.6 Å². The Labute approximate surface area is 152 Å². The monoisotopic (exact) mass is 352 g/mol. The Kier molecular flexibility index (Phi) is 5.67. The van der Waals surface area contributed by atoms with Gasteiger partial charge in [-0.15, -0.1) is 0 Å². The number of rotatable bonds is 6. The number of phenols is 1. The summed E-state index contributed by atoms with van der Waals surface area (Å²) in [5, 5.41) is 9.34. The number of aryl methyl sites for hydroxylation is 1. The van der Waals surface area contributed by atoms with Gasteiger partial charge in [0.15, 0.2) is 11.6 Å². The van der Waals surface area contributed by atoms with Crippen molar-refractivity contribution in [1.82, 2.24) is 0 Å². The van der Waals surface area contributed by atoms with Gasteiger partial charge in [0.25, 0.3) is 0 Å². The van der Waals surface area contributed by atoms with Crippen LogP contribution in [0, 0.1) is 11.6 Å². The van der Waals surface area contributed by atoms with Gasteiger partial charge in [-0.1, -0.05) is 68.3 Å². The van der Waals surface area contributed by atoms with Crippen molar-refractivity contribution in [2.24, 2.45) is 0 Å². The highest BCUT2D eigenvalue weighted by atomic mass is 19.2. The van der Waals surface area contributed by atoms with Gasteiger partial charge >= 0.3 is 0 Å². The summed E-state index contributed by atoms with van der Waals surface area (Å²) < 4.78 is 29.2. The lowest BCUT2D eigenvalue weighted by Crippen LogP contribution is -1.94. The first kappa shape index (κ1) is 18.1. The molecule has 0 aliphatic carbocycles. The largest absolute Gasteiger partial charge is 0.508 e. The Bertz CT molecular complexity index is 868. The van der Waals surface area contributed by atoms with Gasteiger partial charge in [-0.05, 0) is 41.7 Å². The molecule has 0 spiro atoms. The van der Waals surface area contributed by atoms with Crippen molar-refractivity contribution in [2.75, 3.05) is 0 Å². The average Bonchev–Trinajstić information content (AvgIpc) is 2.66. The molecule has 0 saturated heterocycles. The summed E-state index contributed by atoms with van der Waals surface area (Å²) in [7, 11) is 0. The number of hydrogen-bond donors (Lipinski definition) is 1. The third-order valence-corrected chi connectivity index (χ3v) is 4.59. The second-order valence-electron chi connectivity index (χ2n) is 6.49. The summed E-state index contributed by atoms with van der Waals surface area (Å²) in [6.45, 7) is 2.17. The van der Waals surface area contributed by atoms with Gasteiger partial charge < -0.3 is 5.11 Å². The summed E-state index contributed by atoms with van der Waals surface area (Å²) in [5.41, 5.74) is 2.84. The Morgan fingerprint density at radius 2 is 1.19 bits per heavy atom. The Balaban J connectivity index is 1.87. The van der Waals surface area contributed by atoms with Gasteiger partial charge in [-0.25, -0.2) is 8.78 Å². The van der Waals surface area contributed by atoms with E-state index in [1.807, 2.05) is 24.3 Å². The van der Waals surface area contributed by atoms with E-state index < -0.39 is 11.6 Å². The molecule has 0 bridgehead atoms. The maximum absolute atomic E-state index is 14.6. The van der Waals surface area contributed by atoms with Crippen LogP contribution in [0.25, 0.3) is 22.3 Å². The molecule has 0 atom stereocenters. The highest BCUT2D eigenvalue weighted by Gasteiger charge is 2.16. The first-order valence-electron chi connectivity index (χ1n) is 8.97. The number of phenolic OH excluding ortho intramolecular Hbond substituents is 1. The molecule has 3 heteroatoms. The second-order valence-corrected chi connectivity index (χ2v) is 6.49. The van der Waals surface area contributed by atoms with E-state index >= 15 is 0 Å². The molecule has 0 aromatic heterocycles. The van der Waals surface area contributed by atoms with E-state index in [-0.39, 0.29) is 16.9 Å². The topological polar surface area (TPSA) is 20.2 Å². The SMILES string of the molecule is CCCCCc1ccc(-c2ccc(-c3ccc(O)cc3)c(F)c2F)cc1. The fraction of sp³-hybridized carbons (Fsp3) is 0.217. The molecular formula is C23H22F2O. The summed E-state index contributed by atoms with van der Waals surface area (Å²) >= 11 is 0. The van der Waals surface area contributed by atoms with Crippen LogP contribution in [0.4, 0.5) is 8.78 Å². The number of benzene rings is 3. The molecular weight excluding hydrogens is 330 g/mol. The minimum atomic E-state index is -0.875. The fourth-order valence-corrected chi connectivity index (χ4v) is 3.07. The van der Waals surface area contributed by atoms with E-state index in [4.69, 9.17) is 0 Å². The molecule has 0 aliphatic rings. The predicted molar refractivity (Wildman–Crippen MR) is 102 cm³/mol. The van der Waals surface area contributed by atoms with Crippen LogP contribution in [0.2, 0.25) is 0 Å². The minimum absolute atomic E-state index is 0.0882. The van der Waals surface area contributed by atoms with Gasteiger partial charge in [-0.3, -0.25) is 0 Å². The molecule has 0 saturated carbocycles. The molecule has 3 aromatic rings. The molecule has 3 rings (SSSR count). The smallest absolute Gasteiger partial charge is 0.167 e. The van der Waals surface area contributed by atoms with Gasteiger partial charge in [0.2, 0.25) is 0 Å². The van der Waals surface area contributed by atoms with E-state index in [9.17, 15) is 13.9 Å². The third-order valence-electron chi connectivity index (χ3n) is 4.59. The molecule has 0 heterocycles. The Morgan fingerprint density at radius 3 is 1.69 bits per heavy atom. The van der Waals surface area contributed by atoms with Crippen molar-refractivity contribution < 1.29 is 13.9 Å². The normalized spacial score (nSPS) is 10.9. The lowest BCUT2D eigenvalue weighted by molar-refractivity contribution is 0.475. The lowest BCUT2D eigenvalue weighted by Gasteiger charge is -2.10. The van der Waals surface area contributed by atoms with E-state index in [0.29, 0.717) is 11.1 Å². The van der Waals surface area contributed by atoms with E-state index in [1.54, 1.807) is 24.3 Å². The minimum Gasteiger partial charge on any atom is -0.508 e. The first-order valence-corrected chi connectivity index (χ1v) is 8.97. The molecule has 1 N–H and O–H groups in total. The maximum Gasteiger partial charge on any atom is 0.167 e. The van der Waals surface area contributed by atoms with Gasteiger partial charge in [0.1, 0.15) is 5.75 Å². The summed E-state index contributed by atoms with van der Waals surface area (Å²) in [6.07, 6.45) is 4.52. The van der Waals surface area contributed by atoms with Crippen LogP contribution >= 0.6 is 0 Å². The molecule has 134 valence electrons. The standard InChI is InChI=1S/C23H22F2O/c1-2-3-4-5-16-6-8-17(9-7-16)20-14-15-21(23(25)22(20)24)18-10-12-19(26)13-11-18/h6-15,26H,2-5H2,1H3. The summed E-state index contributed by atoms with van der Waals surface area (Å²) in [4.78, 5) is 0. The zero-order valence-electron chi connectivity index (χ0n) is 14.8. The Hall–Kier alpha value is -2.68. The molecule has 0 radical (unpaired) electrons. The third kappa shape index (κ3) is 3.93. The molecule has 0 aliphatic heterocycles. The number of hydrogen-bond acceptors (Lipinski definition) is 1. The van der Waals surface area contributed by atoms with Gasteiger partial charge in [0.05, 0.1) is 0 Å². The van der Waals surface area contributed by atoms with Crippen LogP contribution < -0.4 is 0 Å². The van der Waals surface area contributed by atoms with Crippen LogP contribution in [0.5, 0.6) is 5.75 Å². The van der Waals surface area contributed by atoms with Gasteiger partial charge in [-0.2, -0.15) is 0 Å². The van der Waals surface area contributed by atoms with Crippen molar-refractivity contribution in [3.63, 3.8) is 0 Å². The molecule has 0 unspecified atom stereocenters. The van der Waals surface area contributed by atoms with E-state index in [1.165, 1.54) is 30.5 Å². The van der Waals surface area contributed by atoms with Crippen LogP contribution in [-0.2, 0) is 6.42 Å². The van der Waals surface area contributed by atoms with Crippen LogP contribution in [0.1, 0.15) is 31.7 Å². The maximum atomic E-state index is 14.6. The zero-order valence-corrected chi connectivity index (χ0v) is 14.8. The fourth-order valence-electron chi connectivity index (χ4n) is 3.07. The predicted octanol–water partition coefficient (Wildman–Crippen LogP) is 6.74. The highest BCUT2D eigenvalue weighted by molar-refractivity contribution is 5.72. The van der Waals surface area contributed by atoms with Crippen molar-refractivity contribution >= 4 is 0 Å². The van der Waals surface area contributed by atoms with Crippen molar-refractivity contribution in [3.05, 3.63) is 77.9 Å². The quantitative estimate of drug-likeness (QED) is 0.487. The van der Waals surface area contributed by atoms with E-state index in [2.05, 4.69) is 6.92 Å². The van der Waals surface area contributed by atoms with Crippen LogP contribution in [0.15, 0.2) is 60.7 Å². The lowest BCUT2D eigenvalue weighted by atomic mass is 9.97. The summed E-state index contributed by atoms with van der Waals surface area (Å²) in [6, 6.07) is 16.9. The average molecular weight is 352 g/mol. The second kappa shape index (κ2) is 8.13. The van der Waals surface area contributed by atoms with Crippen LogP contribution in [-0.4, -0.2) is 5.11 Å². The number of halogens is 2. The molecule has 1 nitrogen and oxygen atoms in total. The molecule has 0 fully saturated rings. The zero-order chi connectivity index (χ0) is 18.5. The molecule has 26 heavy (non-hydrogen) atoms. The van der Waals surface area contributed by atoms with Crippen LogP contribution in [0.3, 0.4) is 0 Å². The first-order chi connectivity index (χ1) is 12.6. The number of aromatic hydroxyl groups is 1. The molecule has 3 aromatic carbocycles. The molecule has 0 amide bonds. The number of unbranched alkanes of at least 4 members (excludes halogenated alkanes) is 2. The van der Waals surface area contributed by atoms with Crippen molar-refractivity contribution in [1.29, 1.82) is 0 Å². The van der Waals surface area contributed by atoms with Crippen molar-refractivity contribution in [3.8, 4) is 28.0 Å². The van der Waals surface area contributed by atoms with Gasteiger partial charge in [0, 0.05) is 11.1 Å². The highest BCUT2D eigenvalue weighted by Crippen LogP contribution is 2.32. The summed E-state index contributed by atoms with van der Waals surface area (Å²) in [5.74, 6) is -1.64. The van der Waals surface area contributed by atoms with E-state index in [0.717, 1.165) is 12.8 Å².